The van der Waals surface area contributed by atoms with Gasteiger partial charge in [0.2, 0.25) is 0 Å². The quantitative estimate of drug-likeness (QED) is 0.133. The van der Waals surface area contributed by atoms with Crippen molar-refractivity contribution in [1.82, 2.24) is 15.1 Å². The minimum Gasteiger partial charge on any atom is -0.446 e. The largest absolute Gasteiger partial charge is 0.446 e. The van der Waals surface area contributed by atoms with E-state index in [1.807, 2.05) is 72.8 Å². The smallest absolute Gasteiger partial charge is 0.408 e. The van der Waals surface area contributed by atoms with Crippen molar-refractivity contribution in [2.45, 2.75) is 82.8 Å². The van der Waals surface area contributed by atoms with Gasteiger partial charge in [0.1, 0.15) is 6.10 Å². The fourth-order valence-corrected chi connectivity index (χ4v) is 6.49. The maximum atomic E-state index is 12.9. The van der Waals surface area contributed by atoms with Gasteiger partial charge in [-0.1, -0.05) is 118 Å². The molecule has 0 aromatic heterocycles. The van der Waals surface area contributed by atoms with E-state index in [1.165, 1.54) is 43.4 Å². The average molecular weight is 610 g/mol. The molecule has 0 radical (unpaired) electrons. The number of imide groups is 1. The van der Waals surface area contributed by atoms with Crippen LogP contribution in [0.3, 0.4) is 0 Å². The third-order valence-electron chi connectivity index (χ3n) is 9.07. The molecule has 3 aromatic rings. The Morgan fingerprint density at radius 2 is 1.09 bits per heavy atom. The SMILES string of the molecule is O=C(NC(c1ccccc1)c1ccccc1)OC1CCN(CCCCCCCCCCCN2C(=O)c3ccccc3C2=O)CC1. The third kappa shape index (κ3) is 9.27. The van der Waals surface area contributed by atoms with Crippen LogP contribution in [0.5, 0.6) is 0 Å². The Bertz CT molecular complexity index is 1300. The Morgan fingerprint density at radius 3 is 1.60 bits per heavy atom. The first kappa shape index (κ1) is 32.4. The molecule has 2 aliphatic heterocycles. The van der Waals surface area contributed by atoms with Gasteiger partial charge in [-0.2, -0.15) is 0 Å². The van der Waals surface area contributed by atoms with Crippen molar-refractivity contribution in [3.05, 3.63) is 107 Å². The number of piperidine rings is 1. The Hall–Kier alpha value is -3.97. The summed E-state index contributed by atoms with van der Waals surface area (Å²) in [6.07, 6.45) is 11.9. The van der Waals surface area contributed by atoms with Crippen LogP contribution >= 0.6 is 0 Å². The highest BCUT2D eigenvalue weighted by Gasteiger charge is 2.34. The number of alkyl carbamates (subject to hydrolysis) is 1. The van der Waals surface area contributed by atoms with Crippen molar-refractivity contribution in [3.63, 3.8) is 0 Å². The normalized spacial score (nSPS) is 15.4. The first-order chi connectivity index (χ1) is 22.1. The molecule has 5 rings (SSSR count). The van der Waals surface area contributed by atoms with Gasteiger partial charge in [0, 0.05) is 19.6 Å². The van der Waals surface area contributed by atoms with Crippen LogP contribution in [-0.2, 0) is 4.74 Å². The fourth-order valence-electron chi connectivity index (χ4n) is 6.49. The van der Waals surface area contributed by atoms with Gasteiger partial charge in [0.25, 0.3) is 11.8 Å². The lowest BCUT2D eigenvalue weighted by atomic mass is 9.99. The molecule has 1 saturated heterocycles. The molecule has 7 nitrogen and oxygen atoms in total. The highest BCUT2D eigenvalue weighted by molar-refractivity contribution is 6.21. The second-order valence-corrected chi connectivity index (χ2v) is 12.3. The molecule has 0 unspecified atom stereocenters. The Balaban J connectivity index is 0.874. The van der Waals surface area contributed by atoms with Crippen LogP contribution < -0.4 is 5.32 Å². The van der Waals surface area contributed by atoms with E-state index in [1.54, 1.807) is 12.1 Å². The molecule has 2 heterocycles. The Labute approximate surface area is 268 Å². The minimum atomic E-state index is -0.353. The molecule has 3 amide bonds. The zero-order chi connectivity index (χ0) is 31.3. The van der Waals surface area contributed by atoms with Crippen LogP contribution in [-0.4, -0.2) is 60.0 Å². The lowest BCUT2D eigenvalue weighted by molar-refractivity contribution is 0.0492. The van der Waals surface area contributed by atoms with E-state index in [-0.39, 0.29) is 30.1 Å². The number of amides is 3. The van der Waals surface area contributed by atoms with E-state index in [2.05, 4.69) is 10.2 Å². The summed E-state index contributed by atoms with van der Waals surface area (Å²) in [6.45, 7) is 3.58. The van der Waals surface area contributed by atoms with E-state index >= 15 is 0 Å². The van der Waals surface area contributed by atoms with Gasteiger partial charge in [-0.3, -0.25) is 14.5 Å². The van der Waals surface area contributed by atoms with E-state index in [0.717, 1.165) is 62.9 Å². The summed E-state index contributed by atoms with van der Waals surface area (Å²) in [5, 5.41) is 3.10. The number of hydrogen-bond acceptors (Lipinski definition) is 5. The van der Waals surface area contributed by atoms with Gasteiger partial charge in [-0.15, -0.1) is 0 Å². The zero-order valence-corrected chi connectivity index (χ0v) is 26.4. The molecule has 3 aromatic carbocycles. The van der Waals surface area contributed by atoms with Crippen molar-refractivity contribution < 1.29 is 19.1 Å². The van der Waals surface area contributed by atoms with Crippen LogP contribution in [0.4, 0.5) is 4.79 Å². The summed E-state index contributed by atoms with van der Waals surface area (Å²) < 4.78 is 5.86. The molecule has 0 spiro atoms. The van der Waals surface area contributed by atoms with Gasteiger partial charge in [0.05, 0.1) is 17.2 Å². The number of nitrogens with zero attached hydrogens (tertiary/aromatic N) is 2. The number of rotatable bonds is 16. The molecule has 7 heteroatoms. The zero-order valence-electron chi connectivity index (χ0n) is 26.4. The molecule has 0 atom stereocenters. The predicted octanol–water partition coefficient (Wildman–Crippen LogP) is 7.77. The van der Waals surface area contributed by atoms with Crippen LogP contribution in [0.25, 0.3) is 0 Å². The summed E-state index contributed by atoms with van der Waals surface area (Å²) in [5.41, 5.74) is 3.15. The maximum Gasteiger partial charge on any atom is 0.408 e. The fraction of sp³-hybridized carbons (Fsp3) is 0.447. The van der Waals surface area contributed by atoms with Crippen LogP contribution in [0, 0.1) is 0 Å². The second-order valence-electron chi connectivity index (χ2n) is 12.3. The molecule has 0 bridgehead atoms. The van der Waals surface area contributed by atoms with Crippen molar-refractivity contribution in [2.24, 2.45) is 0 Å². The molecule has 45 heavy (non-hydrogen) atoms. The summed E-state index contributed by atoms with van der Waals surface area (Å²) in [7, 11) is 0. The van der Waals surface area contributed by atoms with Crippen molar-refractivity contribution in [2.75, 3.05) is 26.2 Å². The number of benzene rings is 3. The van der Waals surface area contributed by atoms with Crippen LogP contribution in [0.2, 0.25) is 0 Å². The monoisotopic (exact) mass is 609 g/mol. The van der Waals surface area contributed by atoms with Gasteiger partial charge in [0.15, 0.2) is 0 Å². The number of likely N-dealkylation sites (tertiary alicyclic amines) is 1. The maximum absolute atomic E-state index is 12.9. The first-order valence-corrected chi connectivity index (χ1v) is 16.8. The molecular formula is C38H47N3O4. The Morgan fingerprint density at radius 1 is 0.644 bits per heavy atom. The van der Waals surface area contributed by atoms with E-state index in [4.69, 9.17) is 4.74 Å². The van der Waals surface area contributed by atoms with Gasteiger partial charge in [-0.25, -0.2) is 4.79 Å². The highest BCUT2D eigenvalue weighted by atomic mass is 16.6. The van der Waals surface area contributed by atoms with E-state index in [9.17, 15) is 14.4 Å². The van der Waals surface area contributed by atoms with Gasteiger partial charge < -0.3 is 15.0 Å². The molecule has 0 aliphatic carbocycles. The third-order valence-corrected chi connectivity index (χ3v) is 9.07. The number of fused-ring (bicyclic) bond motifs is 1. The molecule has 1 N–H and O–H groups in total. The molecule has 238 valence electrons. The standard InChI is InChI=1S/C38H47N3O4/c42-36-33-22-14-15-23-34(33)37(43)41(36)27-17-7-5-3-1-2-4-6-16-26-40-28-24-32(25-29-40)45-38(44)39-35(30-18-10-8-11-19-30)31-20-12-9-13-21-31/h8-15,18-23,32,35H,1-7,16-17,24-29H2,(H,39,44). The van der Waals surface area contributed by atoms with Gasteiger partial charge in [-0.05, 0) is 55.5 Å². The molecular weight excluding hydrogens is 562 g/mol. The lowest BCUT2D eigenvalue weighted by Gasteiger charge is -2.32. The Kier molecular flexibility index (Phi) is 12.2. The number of carbonyl (C=O) groups excluding carboxylic acids is 3. The predicted molar refractivity (Wildman–Crippen MR) is 177 cm³/mol. The van der Waals surface area contributed by atoms with Crippen molar-refractivity contribution in [3.8, 4) is 0 Å². The second kappa shape index (κ2) is 16.9. The number of ether oxygens (including phenoxy) is 1. The summed E-state index contributed by atoms with van der Waals surface area (Å²) in [4.78, 5) is 41.7. The van der Waals surface area contributed by atoms with E-state index < -0.39 is 0 Å². The van der Waals surface area contributed by atoms with Crippen LogP contribution in [0.15, 0.2) is 84.9 Å². The number of unbranched alkanes of at least 4 members (excludes halogenated alkanes) is 8. The number of nitrogens with one attached hydrogen (secondary N) is 1. The summed E-state index contributed by atoms with van der Waals surface area (Å²) >= 11 is 0. The van der Waals surface area contributed by atoms with E-state index in [0.29, 0.717) is 17.7 Å². The lowest BCUT2D eigenvalue weighted by Crippen LogP contribution is -2.40. The van der Waals surface area contributed by atoms with Crippen molar-refractivity contribution in [1.29, 1.82) is 0 Å². The summed E-state index contributed by atoms with van der Waals surface area (Å²) in [6, 6.07) is 26.9. The molecule has 1 fully saturated rings. The minimum absolute atomic E-state index is 0.0407. The number of hydrogen-bond donors (Lipinski definition) is 1. The van der Waals surface area contributed by atoms with Crippen molar-refractivity contribution >= 4 is 17.9 Å². The summed E-state index contributed by atoms with van der Waals surface area (Å²) in [5.74, 6) is -0.292. The number of carbonyl (C=O) groups is 3. The first-order valence-electron chi connectivity index (χ1n) is 16.8. The van der Waals surface area contributed by atoms with Gasteiger partial charge >= 0.3 is 6.09 Å². The van der Waals surface area contributed by atoms with Crippen LogP contribution in [0.1, 0.15) is 109 Å². The average Bonchev–Trinajstić information content (AvgIpc) is 3.32. The topological polar surface area (TPSA) is 79.0 Å². The highest BCUT2D eigenvalue weighted by Crippen LogP contribution is 2.24. The molecule has 2 aliphatic rings. The molecule has 0 saturated carbocycles.